The molecule has 0 bridgehead atoms. The number of fused-ring (bicyclic) bond motifs is 1. The van der Waals surface area contributed by atoms with E-state index < -0.39 is 0 Å². The van der Waals surface area contributed by atoms with Crippen molar-refractivity contribution in [3.05, 3.63) is 53.9 Å². The van der Waals surface area contributed by atoms with Crippen molar-refractivity contribution in [3.63, 3.8) is 0 Å². The number of para-hydroxylation sites is 1. The average Bonchev–Trinajstić information content (AvgIpc) is 3.03. The zero-order valence-corrected chi connectivity index (χ0v) is 13.8. The maximum atomic E-state index is 12.3. The van der Waals surface area contributed by atoms with Gasteiger partial charge >= 0.3 is 0 Å². The number of benzene rings is 1. The summed E-state index contributed by atoms with van der Waals surface area (Å²) in [4.78, 5) is 20.7. The SMILES string of the molecule is CCCCN(C)C(=O)c1ccc(N2CCc3ccccc32)cn1. The molecule has 4 heteroatoms. The molecule has 1 aliphatic rings. The smallest absolute Gasteiger partial charge is 0.272 e. The molecule has 2 aromatic rings. The van der Waals surface area contributed by atoms with Crippen molar-refractivity contribution in [1.82, 2.24) is 9.88 Å². The third-order valence-corrected chi connectivity index (χ3v) is 4.36. The number of carbonyl (C=O) groups is 1. The molecule has 2 heterocycles. The monoisotopic (exact) mass is 309 g/mol. The number of aromatic nitrogens is 1. The van der Waals surface area contributed by atoms with Crippen LogP contribution >= 0.6 is 0 Å². The van der Waals surface area contributed by atoms with Gasteiger partial charge in [-0.1, -0.05) is 31.5 Å². The van der Waals surface area contributed by atoms with Crippen LogP contribution in [0.25, 0.3) is 0 Å². The molecular weight excluding hydrogens is 286 g/mol. The van der Waals surface area contributed by atoms with E-state index >= 15 is 0 Å². The molecule has 23 heavy (non-hydrogen) atoms. The molecule has 120 valence electrons. The molecule has 0 saturated heterocycles. The van der Waals surface area contributed by atoms with Gasteiger partial charge in [-0.15, -0.1) is 0 Å². The lowest BCUT2D eigenvalue weighted by molar-refractivity contribution is 0.0787. The molecule has 1 amide bonds. The Kier molecular flexibility index (Phi) is 4.60. The lowest BCUT2D eigenvalue weighted by Crippen LogP contribution is -2.28. The van der Waals surface area contributed by atoms with Gasteiger partial charge in [-0.3, -0.25) is 4.79 Å². The van der Waals surface area contributed by atoms with Crippen LogP contribution in [0.1, 0.15) is 35.8 Å². The quantitative estimate of drug-likeness (QED) is 0.846. The third kappa shape index (κ3) is 3.21. The standard InChI is InChI=1S/C19H23N3O/c1-3-4-12-21(2)19(23)17-10-9-16(14-20-17)22-13-11-15-7-5-6-8-18(15)22/h5-10,14H,3-4,11-13H2,1-2H3. The predicted molar refractivity (Wildman–Crippen MR) is 93.3 cm³/mol. The Balaban J connectivity index is 1.74. The van der Waals surface area contributed by atoms with Gasteiger partial charge in [-0.2, -0.15) is 0 Å². The number of pyridine rings is 1. The highest BCUT2D eigenvalue weighted by molar-refractivity contribution is 5.92. The Morgan fingerprint density at radius 2 is 2.09 bits per heavy atom. The fourth-order valence-electron chi connectivity index (χ4n) is 2.97. The van der Waals surface area contributed by atoms with Gasteiger partial charge in [0.05, 0.1) is 11.9 Å². The highest BCUT2D eigenvalue weighted by Crippen LogP contribution is 2.33. The Morgan fingerprint density at radius 3 is 2.83 bits per heavy atom. The van der Waals surface area contributed by atoms with Crippen LogP contribution in [0.5, 0.6) is 0 Å². The summed E-state index contributed by atoms with van der Waals surface area (Å²) < 4.78 is 0. The van der Waals surface area contributed by atoms with Gasteiger partial charge in [-0.25, -0.2) is 4.98 Å². The number of hydrogen-bond acceptors (Lipinski definition) is 3. The molecule has 0 aliphatic carbocycles. The lowest BCUT2D eigenvalue weighted by atomic mass is 10.2. The maximum Gasteiger partial charge on any atom is 0.272 e. The summed E-state index contributed by atoms with van der Waals surface area (Å²) in [6.45, 7) is 3.86. The first-order valence-electron chi connectivity index (χ1n) is 8.27. The van der Waals surface area contributed by atoms with E-state index in [2.05, 4.69) is 41.1 Å². The van der Waals surface area contributed by atoms with Crippen LogP contribution in [0, 0.1) is 0 Å². The van der Waals surface area contributed by atoms with Gasteiger partial charge in [0.2, 0.25) is 0 Å². The summed E-state index contributed by atoms with van der Waals surface area (Å²) >= 11 is 0. The van der Waals surface area contributed by atoms with Gasteiger partial charge in [0.1, 0.15) is 5.69 Å². The van der Waals surface area contributed by atoms with Gasteiger partial charge in [0.15, 0.2) is 0 Å². The lowest BCUT2D eigenvalue weighted by Gasteiger charge is -2.20. The van der Waals surface area contributed by atoms with Crippen LogP contribution in [0.4, 0.5) is 11.4 Å². The minimum absolute atomic E-state index is 0.00757. The second-order valence-electron chi connectivity index (χ2n) is 6.01. The number of amides is 1. The zero-order chi connectivity index (χ0) is 16.2. The van der Waals surface area contributed by atoms with E-state index in [4.69, 9.17) is 0 Å². The van der Waals surface area contributed by atoms with Crippen molar-refractivity contribution >= 4 is 17.3 Å². The first-order chi connectivity index (χ1) is 11.2. The first kappa shape index (κ1) is 15.5. The van der Waals surface area contributed by atoms with Crippen molar-refractivity contribution in [1.29, 1.82) is 0 Å². The summed E-state index contributed by atoms with van der Waals surface area (Å²) in [5.74, 6) is -0.00757. The van der Waals surface area contributed by atoms with Gasteiger partial charge in [-0.05, 0) is 36.6 Å². The fourth-order valence-corrected chi connectivity index (χ4v) is 2.97. The molecule has 0 unspecified atom stereocenters. The minimum atomic E-state index is -0.00757. The van der Waals surface area contributed by atoms with Crippen molar-refractivity contribution in [2.24, 2.45) is 0 Å². The van der Waals surface area contributed by atoms with Gasteiger partial charge in [0, 0.05) is 25.8 Å². The Morgan fingerprint density at radius 1 is 1.26 bits per heavy atom. The van der Waals surface area contributed by atoms with E-state index in [1.165, 1.54) is 11.3 Å². The summed E-state index contributed by atoms with van der Waals surface area (Å²) in [7, 11) is 1.84. The highest BCUT2D eigenvalue weighted by atomic mass is 16.2. The van der Waals surface area contributed by atoms with Crippen LogP contribution in [0.2, 0.25) is 0 Å². The number of carbonyl (C=O) groups excluding carboxylic acids is 1. The summed E-state index contributed by atoms with van der Waals surface area (Å²) in [6.07, 6.45) is 4.96. The van der Waals surface area contributed by atoms with E-state index in [1.54, 1.807) is 4.90 Å². The molecule has 0 radical (unpaired) electrons. The van der Waals surface area contributed by atoms with Crippen molar-refractivity contribution in [2.75, 3.05) is 25.0 Å². The van der Waals surface area contributed by atoms with E-state index in [1.807, 2.05) is 25.4 Å². The van der Waals surface area contributed by atoms with E-state index in [0.717, 1.165) is 38.0 Å². The van der Waals surface area contributed by atoms with Crippen LogP contribution in [-0.2, 0) is 6.42 Å². The van der Waals surface area contributed by atoms with Gasteiger partial charge < -0.3 is 9.80 Å². The number of unbranched alkanes of at least 4 members (excludes halogenated alkanes) is 1. The number of nitrogens with zero attached hydrogens (tertiary/aromatic N) is 3. The Labute approximate surface area is 137 Å². The molecule has 1 aliphatic heterocycles. The Bertz CT molecular complexity index is 681. The maximum absolute atomic E-state index is 12.3. The zero-order valence-electron chi connectivity index (χ0n) is 13.8. The average molecular weight is 309 g/mol. The van der Waals surface area contributed by atoms with Crippen LogP contribution in [-0.4, -0.2) is 35.9 Å². The van der Waals surface area contributed by atoms with Crippen LogP contribution < -0.4 is 4.90 Å². The molecule has 0 saturated carbocycles. The van der Waals surface area contributed by atoms with Crippen molar-refractivity contribution in [3.8, 4) is 0 Å². The van der Waals surface area contributed by atoms with E-state index in [0.29, 0.717) is 5.69 Å². The molecular formula is C19H23N3O. The molecule has 3 rings (SSSR count). The fraction of sp³-hybridized carbons (Fsp3) is 0.368. The second-order valence-corrected chi connectivity index (χ2v) is 6.01. The first-order valence-corrected chi connectivity index (χ1v) is 8.27. The van der Waals surface area contributed by atoms with Crippen LogP contribution in [0.15, 0.2) is 42.6 Å². The summed E-state index contributed by atoms with van der Waals surface area (Å²) in [5, 5.41) is 0. The van der Waals surface area contributed by atoms with E-state index in [-0.39, 0.29) is 5.91 Å². The molecule has 1 aromatic heterocycles. The predicted octanol–water partition coefficient (Wildman–Crippen LogP) is 3.65. The topological polar surface area (TPSA) is 36.4 Å². The number of rotatable bonds is 5. The number of anilines is 2. The number of hydrogen-bond donors (Lipinski definition) is 0. The molecule has 0 atom stereocenters. The Hall–Kier alpha value is -2.36. The van der Waals surface area contributed by atoms with Crippen LogP contribution in [0.3, 0.4) is 0 Å². The summed E-state index contributed by atoms with van der Waals surface area (Å²) in [6, 6.07) is 12.3. The highest BCUT2D eigenvalue weighted by Gasteiger charge is 2.20. The molecule has 0 spiro atoms. The van der Waals surface area contributed by atoms with Crippen molar-refractivity contribution in [2.45, 2.75) is 26.2 Å². The molecule has 1 aromatic carbocycles. The molecule has 4 nitrogen and oxygen atoms in total. The third-order valence-electron chi connectivity index (χ3n) is 4.36. The minimum Gasteiger partial charge on any atom is -0.340 e. The van der Waals surface area contributed by atoms with Crippen molar-refractivity contribution < 1.29 is 4.79 Å². The molecule has 0 N–H and O–H groups in total. The normalized spacial score (nSPS) is 13.0. The largest absolute Gasteiger partial charge is 0.340 e. The van der Waals surface area contributed by atoms with E-state index in [9.17, 15) is 4.79 Å². The van der Waals surface area contributed by atoms with Gasteiger partial charge in [0.25, 0.3) is 5.91 Å². The second kappa shape index (κ2) is 6.82. The molecule has 0 fully saturated rings. The summed E-state index contributed by atoms with van der Waals surface area (Å²) in [5.41, 5.74) is 4.17.